The van der Waals surface area contributed by atoms with Crippen molar-refractivity contribution >= 4 is 39.7 Å². The summed E-state index contributed by atoms with van der Waals surface area (Å²) >= 11 is 4.08. The summed E-state index contributed by atoms with van der Waals surface area (Å²) in [6.45, 7) is 0. The van der Waals surface area contributed by atoms with Crippen molar-refractivity contribution in [3.8, 4) is 5.75 Å². The molecule has 0 radical (unpaired) electrons. The molecular weight excluding hydrogens is 379 g/mol. The molecule has 0 spiro atoms. The number of rotatable bonds is 1. The highest BCUT2D eigenvalue weighted by molar-refractivity contribution is 9.10. The first-order chi connectivity index (χ1) is 12.1. The van der Waals surface area contributed by atoms with Gasteiger partial charge in [-0.25, -0.2) is 4.98 Å². The van der Waals surface area contributed by atoms with Crippen LogP contribution in [0.15, 0.2) is 24.4 Å². The Morgan fingerprint density at radius 2 is 2.08 bits per heavy atom. The highest BCUT2D eigenvalue weighted by Crippen LogP contribution is 2.64. The minimum atomic E-state index is -0.865. The molecule has 4 fully saturated rings. The summed E-state index contributed by atoms with van der Waals surface area (Å²) in [6, 6.07) is 2.08. The molecule has 4 bridgehead atoms. The van der Waals surface area contributed by atoms with Gasteiger partial charge in [-0.2, -0.15) is 0 Å². The maximum absolute atomic E-state index is 10.3. The first kappa shape index (κ1) is 14.9. The summed E-state index contributed by atoms with van der Waals surface area (Å²) in [7, 11) is -0.865. The molecule has 25 heavy (non-hydrogen) atoms. The van der Waals surface area contributed by atoms with E-state index in [2.05, 4.69) is 32.0 Å². The second-order valence-corrected chi connectivity index (χ2v) is 10.2. The minimum absolute atomic E-state index is 0.370. The summed E-state index contributed by atoms with van der Waals surface area (Å²) in [5.41, 5.74) is 3.34. The Morgan fingerprint density at radius 1 is 1.28 bits per heavy atom. The van der Waals surface area contributed by atoms with E-state index in [4.69, 9.17) is 4.65 Å². The molecule has 2 N–H and O–H groups in total. The lowest BCUT2D eigenvalue weighted by Gasteiger charge is -2.59. The lowest BCUT2D eigenvalue weighted by molar-refractivity contribution is 0.00742. The van der Waals surface area contributed by atoms with Gasteiger partial charge in [0.2, 0.25) is 0 Å². The maximum atomic E-state index is 10.3. The van der Waals surface area contributed by atoms with Crippen molar-refractivity contribution in [3.63, 3.8) is 0 Å². The molecule has 2 aromatic rings. The fourth-order valence-corrected chi connectivity index (χ4v) is 7.78. The Bertz CT molecular complexity index is 894. The van der Waals surface area contributed by atoms with Gasteiger partial charge in [-0.1, -0.05) is 15.9 Å². The number of pyridine rings is 1. The van der Waals surface area contributed by atoms with Gasteiger partial charge in [0.1, 0.15) is 11.4 Å². The molecule has 4 aliphatic carbocycles. The number of nitrogens with one attached hydrogen (secondary N) is 1. The summed E-state index contributed by atoms with van der Waals surface area (Å²) in [4.78, 5) is 7.66. The zero-order valence-corrected chi connectivity index (χ0v) is 15.5. The molecule has 128 valence electrons. The van der Waals surface area contributed by atoms with Gasteiger partial charge in [-0.3, -0.25) is 0 Å². The van der Waals surface area contributed by atoms with E-state index in [0.29, 0.717) is 22.1 Å². The van der Waals surface area contributed by atoms with Gasteiger partial charge in [0.25, 0.3) is 0 Å². The molecule has 3 heterocycles. The normalized spacial score (nSPS) is 38.6. The molecular formula is C19H20BBrN2O2. The van der Waals surface area contributed by atoms with Crippen LogP contribution in [0.4, 0.5) is 0 Å². The fourth-order valence-electron chi connectivity index (χ4n) is 6.49. The molecule has 2 unspecified atom stereocenters. The number of aromatic nitrogens is 2. The van der Waals surface area contributed by atoms with E-state index in [-0.39, 0.29) is 0 Å². The van der Waals surface area contributed by atoms with Gasteiger partial charge >= 0.3 is 7.12 Å². The molecule has 4 saturated carbocycles. The van der Waals surface area contributed by atoms with Crippen LogP contribution >= 0.6 is 15.9 Å². The van der Waals surface area contributed by atoms with Crippen LogP contribution in [0.1, 0.15) is 37.7 Å². The van der Waals surface area contributed by atoms with Crippen molar-refractivity contribution in [2.75, 3.05) is 0 Å². The van der Waals surface area contributed by atoms with Crippen LogP contribution in [0.3, 0.4) is 0 Å². The SMILES string of the molecule is OB1C=C(C2C3CC4CC2CC(Br)(C4)C3)c2c(cnc3[nH]ccc23)O1. The number of H-pyrrole nitrogens is 1. The molecule has 2 atom stereocenters. The zero-order valence-electron chi connectivity index (χ0n) is 13.9. The first-order valence-corrected chi connectivity index (χ1v) is 10.1. The first-order valence-electron chi connectivity index (χ1n) is 9.31. The topological polar surface area (TPSA) is 58.1 Å². The van der Waals surface area contributed by atoms with Gasteiger partial charge in [0, 0.05) is 21.5 Å². The van der Waals surface area contributed by atoms with E-state index in [1.807, 2.05) is 12.2 Å². The second-order valence-electron chi connectivity index (χ2n) is 8.51. The summed E-state index contributed by atoms with van der Waals surface area (Å²) in [5.74, 6) is 5.50. The number of alkyl halides is 1. The van der Waals surface area contributed by atoms with Gasteiger partial charge in [-0.05, 0) is 73.4 Å². The van der Waals surface area contributed by atoms with Crippen molar-refractivity contribution in [2.45, 2.75) is 36.4 Å². The molecule has 2 aromatic heterocycles. The number of aromatic amines is 1. The molecule has 5 aliphatic rings. The van der Waals surface area contributed by atoms with Crippen LogP contribution in [0, 0.1) is 23.7 Å². The van der Waals surface area contributed by atoms with E-state index in [0.717, 1.165) is 28.3 Å². The summed E-state index contributed by atoms with van der Waals surface area (Å²) < 4.78 is 6.07. The summed E-state index contributed by atoms with van der Waals surface area (Å²) in [6.07, 6.45) is 10.2. The standard InChI is InChI=1S/C19H20BBrN2O2/c21-19-5-10-3-11(6-19)16(12(4-10)7-19)14-8-20(24)25-15-9-23-18-13(17(14)15)1-2-22-18/h1-2,8-12,16,24H,3-7H2,(H,22,23). The largest absolute Gasteiger partial charge is 0.552 e. The van der Waals surface area contributed by atoms with Crippen molar-refractivity contribution in [1.82, 2.24) is 9.97 Å². The summed E-state index contributed by atoms with van der Waals surface area (Å²) in [5, 5.41) is 11.4. The Labute approximate surface area is 155 Å². The number of nitrogens with zero attached hydrogens (tertiary/aromatic N) is 1. The molecule has 0 aromatic carbocycles. The molecule has 7 rings (SSSR count). The van der Waals surface area contributed by atoms with E-state index in [9.17, 15) is 5.02 Å². The van der Waals surface area contributed by atoms with Crippen molar-refractivity contribution in [1.29, 1.82) is 0 Å². The smallest absolute Gasteiger partial charge is 0.531 e. The van der Waals surface area contributed by atoms with Crippen LogP contribution in [-0.2, 0) is 0 Å². The van der Waals surface area contributed by atoms with Gasteiger partial charge < -0.3 is 14.7 Å². The Morgan fingerprint density at radius 3 is 2.84 bits per heavy atom. The Hall–Kier alpha value is -1.27. The second kappa shape index (κ2) is 4.92. The van der Waals surface area contributed by atoms with Crippen LogP contribution < -0.4 is 4.65 Å². The van der Waals surface area contributed by atoms with Gasteiger partial charge in [-0.15, -0.1) is 0 Å². The van der Waals surface area contributed by atoms with Gasteiger partial charge in [0.05, 0.1) is 6.20 Å². The molecule has 0 amide bonds. The quantitative estimate of drug-likeness (QED) is 0.564. The average Bonchev–Trinajstić information content (AvgIpc) is 3.00. The van der Waals surface area contributed by atoms with Crippen LogP contribution in [0.25, 0.3) is 16.6 Å². The van der Waals surface area contributed by atoms with E-state index in [1.54, 1.807) is 6.20 Å². The van der Waals surface area contributed by atoms with Crippen LogP contribution in [0.2, 0.25) is 0 Å². The third-order valence-corrected chi connectivity index (χ3v) is 7.94. The maximum Gasteiger partial charge on any atom is 0.552 e. The number of hydrogen-bond donors (Lipinski definition) is 2. The Kier molecular flexibility index (Phi) is 2.92. The highest BCUT2D eigenvalue weighted by atomic mass is 79.9. The third kappa shape index (κ3) is 2.07. The van der Waals surface area contributed by atoms with Gasteiger partial charge in [0.15, 0.2) is 0 Å². The monoisotopic (exact) mass is 398 g/mol. The predicted octanol–water partition coefficient (Wildman–Crippen LogP) is 3.95. The molecule has 6 heteroatoms. The molecule has 4 nitrogen and oxygen atoms in total. The lowest BCUT2D eigenvalue weighted by Crippen LogP contribution is -2.52. The number of hydrogen-bond acceptors (Lipinski definition) is 3. The third-order valence-electron chi connectivity index (χ3n) is 6.97. The lowest BCUT2D eigenvalue weighted by atomic mass is 9.49. The number of fused-ring (bicyclic) bond motifs is 3. The Balaban J connectivity index is 1.52. The van der Waals surface area contributed by atoms with Crippen LogP contribution in [-0.4, -0.2) is 26.4 Å². The molecule has 0 saturated heterocycles. The number of allylic oxidation sites excluding steroid dienone is 1. The highest BCUT2D eigenvalue weighted by Gasteiger charge is 2.55. The molecule has 1 aliphatic heterocycles. The predicted molar refractivity (Wildman–Crippen MR) is 101 cm³/mol. The van der Waals surface area contributed by atoms with Crippen molar-refractivity contribution < 1.29 is 9.68 Å². The number of halogens is 1. The van der Waals surface area contributed by atoms with E-state index < -0.39 is 7.12 Å². The van der Waals surface area contributed by atoms with Crippen molar-refractivity contribution in [3.05, 3.63) is 30.0 Å². The zero-order chi connectivity index (χ0) is 16.8. The minimum Gasteiger partial charge on any atom is -0.531 e. The van der Waals surface area contributed by atoms with Crippen molar-refractivity contribution in [2.24, 2.45) is 23.7 Å². The fraction of sp³-hybridized carbons (Fsp3) is 0.526. The average molecular weight is 399 g/mol. The van der Waals surface area contributed by atoms with E-state index in [1.165, 1.54) is 37.7 Å². The van der Waals surface area contributed by atoms with Crippen LogP contribution in [0.5, 0.6) is 5.75 Å². The van der Waals surface area contributed by atoms with E-state index >= 15 is 0 Å².